The molecule has 0 aliphatic heterocycles. The van der Waals surface area contributed by atoms with Gasteiger partial charge < -0.3 is 4.74 Å². The van der Waals surface area contributed by atoms with Crippen LogP contribution >= 0.6 is 11.3 Å². The minimum absolute atomic E-state index is 0.421. The van der Waals surface area contributed by atoms with E-state index in [1.807, 2.05) is 6.92 Å². The lowest BCUT2D eigenvalue weighted by Crippen LogP contribution is -2.02. The molecular weight excluding hydrogens is 188 g/mol. The number of methoxy groups -OCH3 is 1. The molecule has 1 rings (SSSR count). The highest BCUT2D eigenvalue weighted by Crippen LogP contribution is 2.27. The minimum atomic E-state index is -0.421. The third-order valence-corrected chi connectivity index (χ3v) is 2.60. The summed E-state index contributed by atoms with van der Waals surface area (Å²) in [7, 11) is 1.31. The number of hydrogen-bond acceptors (Lipinski definition) is 5. The van der Waals surface area contributed by atoms with Crippen LogP contribution in [-0.2, 0) is 4.74 Å². The Bertz CT molecular complexity index is 365. The highest BCUT2D eigenvalue weighted by atomic mass is 32.1. The number of thiophene rings is 1. The molecule has 13 heavy (non-hydrogen) atoms. The molecule has 0 bridgehead atoms. The van der Waals surface area contributed by atoms with Gasteiger partial charge in [0.15, 0.2) is 6.19 Å². The zero-order valence-corrected chi connectivity index (χ0v) is 8.07. The molecule has 0 aromatic carbocycles. The molecule has 4 nitrogen and oxygen atoms in total. The first-order valence-corrected chi connectivity index (χ1v) is 4.40. The number of aryl methyl sites for hydroxylation is 1. The fourth-order valence-corrected chi connectivity index (χ4v) is 1.82. The van der Waals surface area contributed by atoms with Crippen LogP contribution in [0.5, 0.6) is 0 Å². The number of nitrogens with one attached hydrogen (secondary N) is 1. The zero-order valence-electron chi connectivity index (χ0n) is 7.25. The summed E-state index contributed by atoms with van der Waals surface area (Å²) < 4.78 is 4.56. The third-order valence-electron chi connectivity index (χ3n) is 1.53. The van der Waals surface area contributed by atoms with Gasteiger partial charge in [-0.15, -0.1) is 11.3 Å². The van der Waals surface area contributed by atoms with Gasteiger partial charge in [-0.25, -0.2) is 4.79 Å². The molecule has 1 aromatic rings. The minimum Gasteiger partial charge on any atom is -0.465 e. The number of rotatable bonds is 2. The van der Waals surface area contributed by atoms with Crippen LogP contribution in [0, 0.1) is 18.4 Å². The second-order valence-corrected chi connectivity index (χ2v) is 3.23. The van der Waals surface area contributed by atoms with Crippen molar-refractivity contribution in [3.05, 3.63) is 15.8 Å². The number of nitrogens with zero attached hydrogens (tertiary/aromatic N) is 1. The second kappa shape index (κ2) is 3.92. The summed E-state index contributed by atoms with van der Waals surface area (Å²) in [4.78, 5) is 11.6. The number of hydrogen-bond donors (Lipinski definition) is 1. The molecule has 0 radical (unpaired) electrons. The Labute approximate surface area is 79.7 Å². The van der Waals surface area contributed by atoms with Crippen molar-refractivity contribution in [2.24, 2.45) is 0 Å². The molecule has 0 saturated carbocycles. The first-order chi connectivity index (χ1) is 6.20. The third kappa shape index (κ3) is 1.79. The van der Waals surface area contributed by atoms with E-state index in [0.717, 1.165) is 5.56 Å². The van der Waals surface area contributed by atoms with Crippen LogP contribution in [0.25, 0.3) is 0 Å². The molecular formula is C8H8N2O2S. The molecule has 0 atom stereocenters. The van der Waals surface area contributed by atoms with Gasteiger partial charge in [-0.05, 0) is 17.9 Å². The normalized spacial score (nSPS) is 9.00. The first-order valence-electron chi connectivity index (χ1n) is 3.52. The van der Waals surface area contributed by atoms with Crippen molar-refractivity contribution in [3.8, 4) is 6.19 Å². The van der Waals surface area contributed by atoms with E-state index in [1.54, 1.807) is 11.6 Å². The molecule has 0 saturated heterocycles. The Morgan fingerprint density at radius 3 is 3.00 bits per heavy atom. The smallest absolute Gasteiger partial charge is 0.350 e. The fourth-order valence-electron chi connectivity index (χ4n) is 0.898. The maximum absolute atomic E-state index is 11.2. The van der Waals surface area contributed by atoms with Crippen molar-refractivity contribution < 1.29 is 9.53 Å². The van der Waals surface area contributed by atoms with Gasteiger partial charge in [0.1, 0.15) is 4.88 Å². The molecule has 0 spiro atoms. The molecule has 0 unspecified atom stereocenters. The van der Waals surface area contributed by atoms with Gasteiger partial charge in [-0.1, -0.05) is 0 Å². The summed E-state index contributed by atoms with van der Waals surface area (Å²) in [5.41, 5.74) is 1.41. The van der Waals surface area contributed by atoms with E-state index in [4.69, 9.17) is 5.26 Å². The number of carbonyl (C=O) groups excluding carboxylic acids is 1. The molecule has 1 N–H and O–H groups in total. The van der Waals surface area contributed by atoms with Crippen LogP contribution in [-0.4, -0.2) is 13.1 Å². The van der Waals surface area contributed by atoms with E-state index in [1.165, 1.54) is 18.4 Å². The quantitative estimate of drug-likeness (QED) is 0.444. The Balaban J connectivity index is 3.08. The van der Waals surface area contributed by atoms with E-state index >= 15 is 0 Å². The summed E-state index contributed by atoms with van der Waals surface area (Å²) in [5.74, 6) is -0.421. The maximum Gasteiger partial charge on any atom is 0.350 e. The highest BCUT2D eigenvalue weighted by Gasteiger charge is 2.15. The lowest BCUT2D eigenvalue weighted by Gasteiger charge is -1.99. The van der Waals surface area contributed by atoms with Crippen molar-refractivity contribution >= 4 is 23.0 Å². The molecule has 68 valence electrons. The SMILES string of the molecule is COC(=O)c1scc(C)c1NC#N. The molecule has 5 heteroatoms. The van der Waals surface area contributed by atoms with Crippen LogP contribution < -0.4 is 5.32 Å². The van der Waals surface area contributed by atoms with E-state index in [-0.39, 0.29) is 0 Å². The fraction of sp³-hybridized carbons (Fsp3) is 0.250. The average molecular weight is 196 g/mol. The van der Waals surface area contributed by atoms with Crippen LogP contribution in [0.1, 0.15) is 15.2 Å². The lowest BCUT2D eigenvalue weighted by molar-refractivity contribution is 0.0607. The largest absolute Gasteiger partial charge is 0.465 e. The van der Waals surface area contributed by atoms with Gasteiger partial charge in [-0.2, -0.15) is 5.26 Å². The van der Waals surface area contributed by atoms with Crippen molar-refractivity contribution in [1.29, 1.82) is 5.26 Å². The number of esters is 1. The van der Waals surface area contributed by atoms with E-state index in [9.17, 15) is 4.79 Å². The standard InChI is InChI=1S/C8H8N2O2S/c1-5-3-13-7(8(11)12-2)6(5)10-4-9/h3,10H,1-2H3. The Kier molecular flexibility index (Phi) is 2.88. The highest BCUT2D eigenvalue weighted by molar-refractivity contribution is 7.12. The number of nitriles is 1. The molecule has 0 amide bonds. The number of ether oxygens (including phenoxy) is 1. The van der Waals surface area contributed by atoms with Gasteiger partial charge in [0.05, 0.1) is 12.8 Å². The Morgan fingerprint density at radius 2 is 2.46 bits per heavy atom. The lowest BCUT2D eigenvalue weighted by atomic mass is 10.3. The Hall–Kier alpha value is -1.54. The number of anilines is 1. The summed E-state index contributed by atoms with van der Waals surface area (Å²) in [5, 5.41) is 12.7. The predicted molar refractivity (Wildman–Crippen MR) is 49.6 cm³/mol. The van der Waals surface area contributed by atoms with Crippen LogP contribution in [0.3, 0.4) is 0 Å². The van der Waals surface area contributed by atoms with Gasteiger partial charge in [-0.3, -0.25) is 5.32 Å². The Morgan fingerprint density at radius 1 is 1.77 bits per heavy atom. The van der Waals surface area contributed by atoms with Crippen molar-refractivity contribution in [3.63, 3.8) is 0 Å². The van der Waals surface area contributed by atoms with Gasteiger partial charge in [0.2, 0.25) is 0 Å². The van der Waals surface area contributed by atoms with Crippen molar-refractivity contribution in [1.82, 2.24) is 0 Å². The average Bonchev–Trinajstić information content (AvgIpc) is 2.48. The molecule has 0 fully saturated rings. The van der Waals surface area contributed by atoms with E-state index in [2.05, 4.69) is 10.1 Å². The second-order valence-electron chi connectivity index (χ2n) is 2.35. The molecule has 0 aliphatic carbocycles. The predicted octanol–water partition coefficient (Wildman–Crippen LogP) is 1.74. The van der Waals surface area contributed by atoms with Gasteiger partial charge >= 0.3 is 5.97 Å². The summed E-state index contributed by atoms with van der Waals surface area (Å²) in [6, 6.07) is 0. The summed E-state index contributed by atoms with van der Waals surface area (Å²) in [6.07, 6.45) is 1.78. The van der Waals surface area contributed by atoms with Gasteiger partial charge in [0, 0.05) is 0 Å². The molecule has 0 aliphatic rings. The van der Waals surface area contributed by atoms with Crippen LogP contribution in [0.4, 0.5) is 5.69 Å². The van der Waals surface area contributed by atoms with Crippen LogP contribution in [0.2, 0.25) is 0 Å². The summed E-state index contributed by atoms with van der Waals surface area (Å²) >= 11 is 1.26. The number of carbonyl (C=O) groups is 1. The monoisotopic (exact) mass is 196 g/mol. The van der Waals surface area contributed by atoms with E-state index in [0.29, 0.717) is 10.6 Å². The van der Waals surface area contributed by atoms with E-state index < -0.39 is 5.97 Å². The topological polar surface area (TPSA) is 62.1 Å². The molecule has 1 heterocycles. The summed E-state index contributed by atoms with van der Waals surface area (Å²) in [6.45, 7) is 1.82. The molecule has 1 aromatic heterocycles. The van der Waals surface area contributed by atoms with Crippen LogP contribution in [0.15, 0.2) is 5.38 Å². The maximum atomic E-state index is 11.2. The zero-order chi connectivity index (χ0) is 9.84. The van der Waals surface area contributed by atoms with Gasteiger partial charge in [0.25, 0.3) is 0 Å². The first kappa shape index (κ1) is 9.55. The van der Waals surface area contributed by atoms with Crippen molar-refractivity contribution in [2.45, 2.75) is 6.92 Å². The van der Waals surface area contributed by atoms with Crippen molar-refractivity contribution in [2.75, 3.05) is 12.4 Å².